The third kappa shape index (κ3) is 2.61. The number of nitrogens with one attached hydrogen (secondary N) is 1. The summed E-state index contributed by atoms with van der Waals surface area (Å²) in [6.07, 6.45) is 2.76. The summed E-state index contributed by atoms with van der Waals surface area (Å²) in [5.41, 5.74) is 0. The first-order chi connectivity index (χ1) is 8.18. The molecule has 1 fully saturated rings. The molecule has 0 saturated carbocycles. The highest BCUT2D eigenvalue weighted by atomic mass is 32.2. The van der Waals surface area contributed by atoms with Gasteiger partial charge in [0.05, 0.1) is 18.3 Å². The van der Waals surface area contributed by atoms with E-state index in [2.05, 4.69) is 20.5 Å². The van der Waals surface area contributed by atoms with Crippen LogP contribution in [-0.2, 0) is 4.79 Å². The second kappa shape index (κ2) is 4.95. The first-order valence-corrected chi connectivity index (χ1v) is 5.86. The second-order valence-electron chi connectivity index (χ2n) is 3.22. The van der Waals surface area contributed by atoms with Crippen LogP contribution in [0.2, 0.25) is 0 Å². The van der Waals surface area contributed by atoms with Gasteiger partial charge in [0.15, 0.2) is 0 Å². The molecule has 1 aliphatic heterocycles. The monoisotopic (exact) mass is 255 g/mol. The lowest BCUT2D eigenvalue weighted by Crippen LogP contribution is -2.44. The Balaban J connectivity index is 2.03. The third-order valence-electron chi connectivity index (χ3n) is 2.13. The Morgan fingerprint density at radius 2 is 2.35 bits per heavy atom. The molecular formula is C8H9N5O3S. The number of hydrogen-bond acceptors (Lipinski definition) is 6. The highest BCUT2D eigenvalue weighted by Gasteiger charge is 2.34. The van der Waals surface area contributed by atoms with Crippen LogP contribution in [0.3, 0.4) is 0 Å². The van der Waals surface area contributed by atoms with Crippen LogP contribution >= 0.6 is 11.8 Å². The van der Waals surface area contributed by atoms with Gasteiger partial charge in [0.2, 0.25) is 0 Å². The number of aliphatic carboxylic acids is 1. The van der Waals surface area contributed by atoms with Crippen molar-refractivity contribution in [2.75, 3.05) is 16.9 Å². The van der Waals surface area contributed by atoms with Crippen LogP contribution in [0.15, 0.2) is 12.4 Å². The van der Waals surface area contributed by atoms with Crippen LogP contribution in [0.4, 0.5) is 10.7 Å². The van der Waals surface area contributed by atoms with Crippen molar-refractivity contribution in [2.45, 2.75) is 6.04 Å². The zero-order chi connectivity index (χ0) is 12.3. The number of carboxylic acid groups (broad SMARTS) is 1. The number of amides is 2. The molecule has 90 valence electrons. The van der Waals surface area contributed by atoms with Crippen LogP contribution in [0.25, 0.3) is 0 Å². The quantitative estimate of drug-likeness (QED) is 0.757. The topological polar surface area (TPSA) is 108 Å². The van der Waals surface area contributed by atoms with Crippen LogP contribution in [-0.4, -0.2) is 54.9 Å². The predicted octanol–water partition coefficient (Wildman–Crippen LogP) is -0.137. The molecule has 1 aromatic heterocycles. The molecule has 2 amide bonds. The Bertz CT molecular complexity index is 428. The van der Waals surface area contributed by atoms with Crippen molar-refractivity contribution >= 4 is 29.7 Å². The molecule has 0 radical (unpaired) electrons. The lowest BCUT2D eigenvalue weighted by molar-refractivity contribution is -0.140. The number of carbonyl (C=O) groups excluding carboxylic acids is 1. The van der Waals surface area contributed by atoms with Gasteiger partial charge in [0.1, 0.15) is 6.04 Å². The summed E-state index contributed by atoms with van der Waals surface area (Å²) in [4.78, 5) is 27.6. The largest absolute Gasteiger partial charge is 0.480 e. The number of urea groups is 1. The van der Waals surface area contributed by atoms with Gasteiger partial charge in [-0.1, -0.05) is 0 Å². The number of hydrogen-bond donors (Lipinski definition) is 2. The molecule has 1 aliphatic rings. The van der Waals surface area contributed by atoms with E-state index in [1.807, 2.05) is 0 Å². The fraction of sp³-hybridized carbons (Fsp3) is 0.375. The van der Waals surface area contributed by atoms with Gasteiger partial charge in [-0.15, -0.1) is 16.9 Å². The van der Waals surface area contributed by atoms with Gasteiger partial charge in [-0.3, -0.25) is 5.32 Å². The van der Waals surface area contributed by atoms with Crippen LogP contribution < -0.4 is 5.32 Å². The van der Waals surface area contributed by atoms with E-state index in [0.29, 0.717) is 11.6 Å². The minimum absolute atomic E-state index is 0.0542. The number of carboxylic acids is 1. The number of aromatic nitrogens is 3. The third-order valence-corrected chi connectivity index (χ3v) is 3.14. The Labute approximate surface area is 100 Å². The van der Waals surface area contributed by atoms with Crippen molar-refractivity contribution in [3.05, 3.63) is 12.4 Å². The van der Waals surface area contributed by atoms with Crippen molar-refractivity contribution < 1.29 is 14.7 Å². The van der Waals surface area contributed by atoms with E-state index in [0.717, 1.165) is 0 Å². The molecule has 0 spiro atoms. The van der Waals surface area contributed by atoms with E-state index in [9.17, 15) is 9.59 Å². The minimum Gasteiger partial charge on any atom is -0.480 e. The zero-order valence-electron chi connectivity index (χ0n) is 8.61. The SMILES string of the molecule is O=C(O)[C@@H]1CSCN1C(=O)Nc1nccnn1. The molecule has 1 saturated heterocycles. The summed E-state index contributed by atoms with van der Waals surface area (Å²) >= 11 is 1.39. The smallest absolute Gasteiger partial charge is 0.327 e. The molecule has 0 bridgehead atoms. The molecule has 0 aromatic carbocycles. The van der Waals surface area contributed by atoms with E-state index in [1.54, 1.807) is 0 Å². The Morgan fingerprint density at radius 3 is 3.00 bits per heavy atom. The van der Waals surface area contributed by atoms with Gasteiger partial charge in [0, 0.05) is 5.75 Å². The molecule has 8 nitrogen and oxygen atoms in total. The normalized spacial score (nSPS) is 19.1. The second-order valence-corrected chi connectivity index (χ2v) is 4.22. The Kier molecular flexibility index (Phi) is 3.38. The van der Waals surface area contributed by atoms with E-state index in [4.69, 9.17) is 5.11 Å². The van der Waals surface area contributed by atoms with Crippen LogP contribution in [0.1, 0.15) is 0 Å². The molecule has 2 rings (SSSR count). The summed E-state index contributed by atoms with van der Waals surface area (Å²) in [6, 6.07) is -1.34. The van der Waals surface area contributed by atoms with Crippen molar-refractivity contribution in [1.29, 1.82) is 0 Å². The lowest BCUT2D eigenvalue weighted by Gasteiger charge is -2.19. The number of nitrogens with zero attached hydrogens (tertiary/aromatic N) is 4. The van der Waals surface area contributed by atoms with Gasteiger partial charge in [-0.2, -0.15) is 5.10 Å². The van der Waals surface area contributed by atoms with Crippen molar-refractivity contribution in [3.63, 3.8) is 0 Å². The molecule has 17 heavy (non-hydrogen) atoms. The maximum absolute atomic E-state index is 11.8. The molecule has 2 N–H and O–H groups in total. The summed E-state index contributed by atoms with van der Waals surface area (Å²) in [6.45, 7) is 0. The predicted molar refractivity (Wildman–Crippen MR) is 59.4 cm³/mol. The van der Waals surface area contributed by atoms with Crippen molar-refractivity contribution in [1.82, 2.24) is 20.1 Å². The van der Waals surface area contributed by atoms with Crippen molar-refractivity contribution in [3.8, 4) is 0 Å². The molecule has 9 heteroatoms. The van der Waals surface area contributed by atoms with Crippen LogP contribution in [0.5, 0.6) is 0 Å². The average Bonchev–Trinajstić information content (AvgIpc) is 2.79. The van der Waals surface area contributed by atoms with Gasteiger partial charge in [0.25, 0.3) is 5.95 Å². The molecule has 1 aromatic rings. The van der Waals surface area contributed by atoms with Gasteiger partial charge in [-0.05, 0) is 0 Å². The van der Waals surface area contributed by atoms with Crippen molar-refractivity contribution in [2.24, 2.45) is 0 Å². The standard InChI is InChI=1S/C8H9N5O3S/c14-6(15)5-3-17-4-13(5)8(16)11-7-9-1-2-10-12-7/h1-2,5H,3-4H2,(H,14,15)(H,9,11,12,16)/t5-/m0/s1. The van der Waals surface area contributed by atoms with E-state index in [-0.39, 0.29) is 5.95 Å². The fourth-order valence-corrected chi connectivity index (χ4v) is 2.46. The maximum atomic E-state index is 11.8. The van der Waals surface area contributed by atoms with Gasteiger partial charge < -0.3 is 10.0 Å². The highest BCUT2D eigenvalue weighted by Crippen LogP contribution is 2.21. The summed E-state index contributed by atoms with van der Waals surface area (Å²) < 4.78 is 0. The molecule has 0 aliphatic carbocycles. The summed E-state index contributed by atoms with van der Waals surface area (Å²) in [5.74, 6) is -0.240. The summed E-state index contributed by atoms with van der Waals surface area (Å²) in [5, 5.41) is 18.5. The minimum atomic E-state index is -1.02. The Morgan fingerprint density at radius 1 is 1.53 bits per heavy atom. The van der Waals surface area contributed by atoms with E-state index < -0.39 is 18.0 Å². The van der Waals surface area contributed by atoms with E-state index >= 15 is 0 Å². The highest BCUT2D eigenvalue weighted by molar-refractivity contribution is 7.99. The number of carbonyl (C=O) groups is 2. The number of rotatable bonds is 2. The average molecular weight is 255 g/mol. The molecule has 1 atom stereocenters. The van der Waals surface area contributed by atoms with Crippen LogP contribution in [0, 0.1) is 0 Å². The van der Waals surface area contributed by atoms with E-state index in [1.165, 1.54) is 29.1 Å². The zero-order valence-corrected chi connectivity index (χ0v) is 9.42. The molecular weight excluding hydrogens is 246 g/mol. The first-order valence-electron chi connectivity index (χ1n) is 4.70. The molecule has 0 unspecified atom stereocenters. The maximum Gasteiger partial charge on any atom is 0.327 e. The number of thioether (sulfide) groups is 1. The Hall–Kier alpha value is -1.90. The number of anilines is 1. The van der Waals surface area contributed by atoms with Gasteiger partial charge >= 0.3 is 12.0 Å². The lowest BCUT2D eigenvalue weighted by atomic mass is 10.3. The first kappa shape index (κ1) is 11.6. The molecule has 2 heterocycles. The van der Waals surface area contributed by atoms with Gasteiger partial charge in [-0.25, -0.2) is 14.6 Å². The fourth-order valence-electron chi connectivity index (χ4n) is 1.32. The summed E-state index contributed by atoms with van der Waals surface area (Å²) in [7, 11) is 0.